The van der Waals surface area contributed by atoms with E-state index in [1.165, 1.54) is 0 Å². The van der Waals surface area contributed by atoms with Gasteiger partial charge in [-0.3, -0.25) is 0 Å². The topological polar surface area (TPSA) is 27.0 Å². The van der Waals surface area contributed by atoms with Crippen molar-refractivity contribution >= 4 is 17.3 Å². The molecule has 0 fully saturated rings. The molecule has 0 unspecified atom stereocenters. The van der Waals surface area contributed by atoms with Crippen LogP contribution in [0.25, 0.3) is 0 Å². The van der Waals surface area contributed by atoms with Crippen LogP contribution in [0.5, 0.6) is 0 Å². The smallest absolute Gasteiger partial charge is 0.101 e. The van der Waals surface area contributed by atoms with Crippen molar-refractivity contribution < 1.29 is 0 Å². The number of nitriles is 1. The molecule has 0 saturated carbocycles. The third-order valence-corrected chi connectivity index (χ3v) is 2.71. The Morgan fingerprint density at radius 1 is 1.44 bits per heavy atom. The van der Waals surface area contributed by atoms with Gasteiger partial charge in [0.1, 0.15) is 6.07 Å². The molecule has 0 N–H and O–H groups in total. The highest BCUT2D eigenvalue weighted by atomic mass is 35.5. The molecule has 0 spiro atoms. The standard InChI is InChI=1S/C13H17ClN2/c1-4-7-16(10(2)3)13-8-12(14)6-5-11(13)9-15/h5-6,8,10H,4,7H2,1-3H3. The van der Waals surface area contributed by atoms with Gasteiger partial charge in [-0.1, -0.05) is 18.5 Å². The largest absolute Gasteiger partial charge is 0.368 e. The summed E-state index contributed by atoms with van der Waals surface area (Å²) in [5.74, 6) is 0. The van der Waals surface area contributed by atoms with Crippen molar-refractivity contribution in [2.75, 3.05) is 11.4 Å². The maximum atomic E-state index is 9.09. The summed E-state index contributed by atoms with van der Waals surface area (Å²) in [7, 11) is 0. The Bertz CT molecular complexity index is 393. The minimum atomic E-state index is 0.366. The number of benzene rings is 1. The highest BCUT2D eigenvalue weighted by Gasteiger charge is 2.13. The Kier molecular flexibility index (Phi) is 4.64. The lowest BCUT2D eigenvalue weighted by Crippen LogP contribution is -2.32. The summed E-state index contributed by atoms with van der Waals surface area (Å²) in [6.45, 7) is 7.31. The molecule has 16 heavy (non-hydrogen) atoms. The molecule has 0 aliphatic heterocycles. The SMILES string of the molecule is CCCN(c1cc(Cl)ccc1C#N)C(C)C. The van der Waals surface area contributed by atoms with Crippen molar-refractivity contribution in [3.05, 3.63) is 28.8 Å². The first-order valence-corrected chi connectivity index (χ1v) is 5.94. The maximum Gasteiger partial charge on any atom is 0.101 e. The van der Waals surface area contributed by atoms with Crippen molar-refractivity contribution in [3.63, 3.8) is 0 Å². The molecule has 0 atom stereocenters. The van der Waals surface area contributed by atoms with Crippen LogP contribution in [-0.4, -0.2) is 12.6 Å². The monoisotopic (exact) mass is 236 g/mol. The van der Waals surface area contributed by atoms with E-state index in [1.54, 1.807) is 12.1 Å². The summed E-state index contributed by atoms with van der Waals surface area (Å²) < 4.78 is 0. The van der Waals surface area contributed by atoms with Gasteiger partial charge in [0.25, 0.3) is 0 Å². The van der Waals surface area contributed by atoms with Crippen LogP contribution >= 0.6 is 11.6 Å². The fourth-order valence-electron chi connectivity index (χ4n) is 1.73. The molecule has 0 saturated heterocycles. The molecule has 86 valence electrons. The molecule has 0 bridgehead atoms. The Balaban J connectivity index is 3.17. The lowest BCUT2D eigenvalue weighted by Gasteiger charge is -2.29. The van der Waals surface area contributed by atoms with Crippen molar-refractivity contribution in [1.82, 2.24) is 0 Å². The van der Waals surface area contributed by atoms with E-state index in [2.05, 4.69) is 31.7 Å². The molecule has 1 rings (SSSR count). The first-order valence-electron chi connectivity index (χ1n) is 5.56. The third kappa shape index (κ3) is 2.90. The van der Waals surface area contributed by atoms with Crippen LogP contribution < -0.4 is 4.90 Å². The van der Waals surface area contributed by atoms with Crippen molar-refractivity contribution in [1.29, 1.82) is 5.26 Å². The van der Waals surface area contributed by atoms with Gasteiger partial charge in [-0.15, -0.1) is 0 Å². The number of rotatable bonds is 4. The van der Waals surface area contributed by atoms with Crippen LogP contribution in [0, 0.1) is 11.3 Å². The van der Waals surface area contributed by atoms with Crippen LogP contribution in [0.3, 0.4) is 0 Å². The molecule has 0 radical (unpaired) electrons. The quantitative estimate of drug-likeness (QED) is 0.794. The minimum absolute atomic E-state index is 0.366. The van der Waals surface area contributed by atoms with Crippen LogP contribution in [0.1, 0.15) is 32.8 Å². The molecule has 1 aromatic rings. The molecule has 0 aliphatic rings. The van der Waals surface area contributed by atoms with E-state index < -0.39 is 0 Å². The zero-order chi connectivity index (χ0) is 12.1. The first-order chi connectivity index (χ1) is 7.60. The van der Waals surface area contributed by atoms with E-state index in [0.29, 0.717) is 16.6 Å². The van der Waals surface area contributed by atoms with Crippen LogP contribution in [0.2, 0.25) is 5.02 Å². The molecule has 0 amide bonds. The Morgan fingerprint density at radius 3 is 2.62 bits per heavy atom. The Hall–Kier alpha value is -1.20. The highest BCUT2D eigenvalue weighted by Crippen LogP contribution is 2.26. The number of halogens is 1. The zero-order valence-corrected chi connectivity index (χ0v) is 10.8. The number of hydrogen-bond donors (Lipinski definition) is 0. The molecule has 0 heterocycles. The number of hydrogen-bond acceptors (Lipinski definition) is 2. The Labute approximate surface area is 102 Å². The first kappa shape index (κ1) is 12.9. The van der Waals surface area contributed by atoms with Gasteiger partial charge in [0, 0.05) is 17.6 Å². The van der Waals surface area contributed by atoms with E-state index in [0.717, 1.165) is 18.7 Å². The Morgan fingerprint density at radius 2 is 2.12 bits per heavy atom. The summed E-state index contributed by atoms with van der Waals surface area (Å²) in [5, 5.41) is 9.77. The number of nitrogens with zero attached hydrogens (tertiary/aromatic N) is 2. The lowest BCUT2D eigenvalue weighted by atomic mass is 10.1. The average molecular weight is 237 g/mol. The molecule has 3 heteroatoms. The van der Waals surface area contributed by atoms with Gasteiger partial charge in [0.2, 0.25) is 0 Å². The summed E-state index contributed by atoms with van der Waals surface area (Å²) in [6.07, 6.45) is 1.05. The molecule has 1 aromatic carbocycles. The van der Waals surface area contributed by atoms with Gasteiger partial charge in [0.15, 0.2) is 0 Å². The van der Waals surface area contributed by atoms with Gasteiger partial charge < -0.3 is 4.90 Å². The second kappa shape index (κ2) is 5.77. The van der Waals surface area contributed by atoms with E-state index in [1.807, 2.05) is 6.07 Å². The van der Waals surface area contributed by atoms with Gasteiger partial charge in [-0.25, -0.2) is 0 Å². The summed E-state index contributed by atoms with van der Waals surface area (Å²) >= 11 is 5.99. The van der Waals surface area contributed by atoms with Gasteiger partial charge in [-0.2, -0.15) is 5.26 Å². The summed E-state index contributed by atoms with van der Waals surface area (Å²) in [4.78, 5) is 2.21. The third-order valence-electron chi connectivity index (χ3n) is 2.48. The number of anilines is 1. The normalized spacial score (nSPS) is 10.2. The van der Waals surface area contributed by atoms with Gasteiger partial charge in [-0.05, 0) is 38.5 Å². The molecule has 0 aromatic heterocycles. The van der Waals surface area contributed by atoms with Crippen molar-refractivity contribution in [2.45, 2.75) is 33.2 Å². The maximum absolute atomic E-state index is 9.09. The predicted octanol–water partition coefficient (Wildman–Crippen LogP) is 3.84. The van der Waals surface area contributed by atoms with Gasteiger partial charge in [0.05, 0.1) is 11.3 Å². The molecular formula is C13H17ClN2. The highest BCUT2D eigenvalue weighted by molar-refractivity contribution is 6.30. The molecular weight excluding hydrogens is 220 g/mol. The van der Waals surface area contributed by atoms with Crippen molar-refractivity contribution in [2.24, 2.45) is 0 Å². The van der Waals surface area contributed by atoms with E-state index in [-0.39, 0.29) is 0 Å². The van der Waals surface area contributed by atoms with Crippen LogP contribution in [-0.2, 0) is 0 Å². The predicted molar refractivity (Wildman–Crippen MR) is 68.9 cm³/mol. The lowest BCUT2D eigenvalue weighted by molar-refractivity contribution is 0.670. The fraction of sp³-hybridized carbons (Fsp3) is 0.462. The van der Waals surface area contributed by atoms with Crippen LogP contribution in [0.4, 0.5) is 5.69 Å². The van der Waals surface area contributed by atoms with Crippen LogP contribution in [0.15, 0.2) is 18.2 Å². The van der Waals surface area contributed by atoms with E-state index >= 15 is 0 Å². The second-order valence-electron chi connectivity index (χ2n) is 4.06. The van der Waals surface area contributed by atoms with Gasteiger partial charge >= 0.3 is 0 Å². The molecule has 0 aliphatic carbocycles. The molecule has 2 nitrogen and oxygen atoms in total. The summed E-state index contributed by atoms with van der Waals surface area (Å²) in [5.41, 5.74) is 1.62. The van der Waals surface area contributed by atoms with E-state index in [4.69, 9.17) is 16.9 Å². The zero-order valence-electron chi connectivity index (χ0n) is 10.00. The van der Waals surface area contributed by atoms with Crippen molar-refractivity contribution in [3.8, 4) is 6.07 Å². The summed E-state index contributed by atoms with van der Waals surface area (Å²) in [6, 6.07) is 7.99. The minimum Gasteiger partial charge on any atom is -0.368 e. The average Bonchev–Trinajstić information content (AvgIpc) is 2.25. The second-order valence-corrected chi connectivity index (χ2v) is 4.50. The fourth-order valence-corrected chi connectivity index (χ4v) is 1.90. The van der Waals surface area contributed by atoms with E-state index in [9.17, 15) is 0 Å².